The third-order valence-corrected chi connectivity index (χ3v) is 4.93. The second kappa shape index (κ2) is 11.2. The van der Waals surface area contributed by atoms with Crippen LogP contribution in [0.15, 0.2) is 66.7 Å². The molecule has 3 aromatic carbocycles. The molecule has 0 aliphatic rings. The first-order valence-corrected chi connectivity index (χ1v) is 10.6. The monoisotopic (exact) mass is 452 g/mol. The first-order chi connectivity index (χ1) is 15.4. The van der Waals surface area contributed by atoms with E-state index in [-0.39, 0.29) is 11.8 Å². The van der Waals surface area contributed by atoms with Gasteiger partial charge in [0.2, 0.25) is 0 Å². The van der Waals surface area contributed by atoms with Crippen molar-refractivity contribution in [3.8, 4) is 5.75 Å². The van der Waals surface area contributed by atoms with E-state index in [1.807, 2.05) is 37.3 Å². The molecule has 0 spiro atoms. The number of carbonyl (C=O) groups is 1. The third-order valence-electron chi connectivity index (χ3n) is 4.68. The van der Waals surface area contributed by atoms with Gasteiger partial charge in [-0.1, -0.05) is 24.3 Å². The predicted octanol–water partition coefficient (Wildman–Crippen LogP) is 5.38. The van der Waals surface area contributed by atoms with Gasteiger partial charge in [-0.05, 0) is 85.2 Å². The molecule has 0 saturated heterocycles. The summed E-state index contributed by atoms with van der Waals surface area (Å²) in [7, 11) is 0. The maximum atomic E-state index is 13.0. The maximum Gasteiger partial charge on any atom is 0.338 e. The molecule has 0 saturated carbocycles. The fourth-order valence-electron chi connectivity index (χ4n) is 2.94. The summed E-state index contributed by atoms with van der Waals surface area (Å²) in [6.45, 7) is 4.94. The van der Waals surface area contributed by atoms with Crippen LogP contribution >= 0.6 is 12.2 Å². The normalized spacial score (nSPS) is 10.3. The van der Waals surface area contributed by atoms with Crippen molar-refractivity contribution in [3.05, 3.63) is 94.8 Å². The van der Waals surface area contributed by atoms with Gasteiger partial charge in [0.05, 0.1) is 12.2 Å². The molecule has 0 aliphatic carbocycles. The quantitative estimate of drug-likeness (QED) is 0.354. The minimum absolute atomic E-state index is 0.262. The van der Waals surface area contributed by atoms with E-state index in [2.05, 4.69) is 10.6 Å². The SMILES string of the molecule is CCOC(=O)c1ccc(NC(=S)NCc2ccc(OCc3ccc(F)cc3)cc2)c(C)c1. The number of nitrogens with one attached hydrogen (secondary N) is 2. The molecule has 166 valence electrons. The molecule has 32 heavy (non-hydrogen) atoms. The lowest BCUT2D eigenvalue weighted by molar-refractivity contribution is 0.0526. The molecule has 0 atom stereocenters. The lowest BCUT2D eigenvalue weighted by Crippen LogP contribution is -2.28. The smallest absolute Gasteiger partial charge is 0.338 e. The van der Waals surface area contributed by atoms with Gasteiger partial charge >= 0.3 is 5.97 Å². The Hall–Kier alpha value is -3.45. The van der Waals surface area contributed by atoms with Gasteiger partial charge in [-0.15, -0.1) is 0 Å². The number of anilines is 1. The fraction of sp³-hybridized carbons (Fsp3) is 0.200. The summed E-state index contributed by atoms with van der Waals surface area (Å²) < 4.78 is 23.7. The van der Waals surface area contributed by atoms with Crippen molar-refractivity contribution >= 4 is 29.0 Å². The zero-order valence-electron chi connectivity index (χ0n) is 18.0. The molecule has 3 rings (SSSR count). The van der Waals surface area contributed by atoms with Crippen molar-refractivity contribution in [2.75, 3.05) is 11.9 Å². The van der Waals surface area contributed by atoms with Crippen LogP contribution in [0.3, 0.4) is 0 Å². The van der Waals surface area contributed by atoms with Gasteiger partial charge < -0.3 is 20.1 Å². The summed E-state index contributed by atoms with van der Waals surface area (Å²) in [6.07, 6.45) is 0. The van der Waals surface area contributed by atoms with Crippen LogP contribution in [-0.2, 0) is 17.9 Å². The number of carbonyl (C=O) groups excluding carboxylic acids is 1. The minimum atomic E-state index is -0.340. The van der Waals surface area contributed by atoms with Crippen LogP contribution in [0.1, 0.15) is 34.0 Å². The minimum Gasteiger partial charge on any atom is -0.489 e. The lowest BCUT2D eigenvalue weighted by atomic mass is 10.1. The van der Waals surface area contributed by atoms with E-state index in [1.165, 1.54) is 12.1 Å². The van der Waals surface area contributed by atoms with E-state index >= 15 is 0 Å². The van der Waals surface area contributed by atoms with Crippen molar-refractivity contribution in [1.82, 2.24) is 5.32 Å². The van der Waals surface area contributed by atoms with E-state index in [0.29, 0.717) is 30.4 Å². The van der Waals surface area contributed by atoms with E-state index in [1.54, 1.807) is 31.2 Å². The second-order valence-corrected chi connectivity index (χ2v) is 7.53. The molecule has 0 unspecified atom stereocenters. The van der Waals surface area contributed by atoms with Crippen molar-refractivity contribution in [1.29, 1.82) is 0 Å². The topological polar surface area (TPSA) is 59.6 Å². The standard InChI is InChI=1S/C25H25FN2O3S/c1-3-30-24(29)20-8-13-23(17(2)14-20)28-25(32)27-15-18-6-11-22(12-7-18)31-16-19-4-9-21(26)10-5-19/h4-14H,3,15-16H2,1-2H3,(H2,27,28,32). The van der Waals surface area contributed by atoms with Crippen molar-refractivity contribution in [2.24, 2.45) is 0 Å². The zero-order chi connectivity index (χ0) is 22.9. The molecule has 0 aliphatic heterocycles. The van der Waals surface area contributed by atoms with Crippen LogP contribution in [0.4, 0.5) is 10.1 Å². The maximum absolute atomic E-state index is 13.0. The molecule has 3 aromatic rings. The first-order valence-electron chi connectivity index (χ1n) is 10.2. The molecule has 0 heterocycles. The molecule has 0 fully saturated rings. The number of hydrogen-bond donors (Lipinski definition) is 2. The van der Waals surface area contributed by atoms with Gasteiger partial charge in [-0.2, -0.15) is 0 Å². The summed E-state index contributed by atoms with van der Waals surface area (Å²) in [5.74, 6) is 0.130. The molecule has 7 heteroatoms. The van der Waals surface area contributed by atoms with Gasteiger partial charge in [0.25, 0.3) is 0 Å². The van der Waals surface area contributed by atoms with Gasteiger partial charge in [0.15, 0.2) is 5.11 Å². The molecule has 0 amide bonds. The van der Waals surface area contributed by atoms with Crippen LogP contribution in [0.5, 0.6) is 5.75 Å². The summed E-state index contributed by atoms with van der Waals surface area (Å²) >= 11 is 5.39. The van der Waals surface area contributed by atoms with E-state index < -0.39 is 0 Å². The average Bonchev–Trinajstić information content (AvgIpc) is 2.79. The summed E-state index contributed by atoms with van der Waals surface area (Å²) in [5.41, 5.74) is 4.16. The second-order valence-electron chi connectivity index (χ2n) is 7.12. The summed E-state index contributed by atoms with van der Waals surface area (Å²) in [4.78, 5) is 11.8. The Morgan fingerprint density at radius 1 is 1.00 bits per heavy atom. The predicted molar refractivity (Wildman–Crippen MR) is 127 cm³/mol. The van der Waals surface area contributed by atoms with Crippen molar-refractivity contribution < 1.29 is 18.7 Å². The number of esters is 1. The number of hydrogen-bond acceptors (Lipinski definition) is 4. The van der Waals surface area contributed by atoms with Crippen LogP contribution in [-0.4, -0.2) is 17.7 Å². The van der Waals surface area contributed by atoms with Crippen LogP contribution < -0.4 is 15.4 Å². The Balaban J connectivity index is 1.47. The average molecular weight is 453 g/mol. The van der Waals surface area contributed by atoms with Crippen LogP contribution in [0.2, 0.25) is 0 Å². The van der Waals surface area contributed by atoms with Gasteiger partial charge in [-0.25, -0.2) is 9.18 Å². The molecular formula is C25H25FN2O3S. The molecule has 0 aromatic heterocycles. The zero-order valence-corrected chi connectivity index (χ0v) is 18.8. The highest BCUT2D eigenvalue weighted by atomic mass is 32.1. The molecule has 2 N–H and O–H groups in total. The number of benzene rings is 3. The van der Waals surface area contributed by atoms with E-state index in [0.717, 1.165) is 28.1 Å². The first kappa shape index (κ1) is 23.2. The molecule has 0 radical (unpaired) electrons. The highest BCUT2D eigenvalue weighted by Crippen LogP contribution is 2.18. The number of aryl methyl sites for hydroxylation is 1. The van der Waals surface area contributed by atoms with E-state index in [9.17, 15) is 9.18 Å². The number of halogens is 1. The van der Waals surface area contributed by atoms with Gasteiger partial charge in [-0.3, -0.25) is 0 Å². The Labute approximate surface area is 192 Å². The summed E-state index contributed by atoms with van der Waals surface area (Å²) in [5, 5.41) is 6.80. The lowest BCUT2D eigenvalue weighted by Gasteiger charge is -2.14. The van der Waals surface area contributed by atoms with Crippen LogP contribution in [0, 0.1) is 12.7 Å². The van der Waals surface area contributed by atoms with Crippen molar-refractivity contribution in [2.45, 2.75) is 27.0 Å². The number of rotatable bonds is 8. The molecule has 0 bridgehead atoms. The largest absolute Gasteiger partial charge is 0.489 e. The Kier molecular flexibility index (Phi) is 8.16. The number of thiocarbonyl (C=S) groups is 1. The fourth-order valence-corrected chi connectivity index (χ4v) is 3.13. The van der Waals surface area contributed by atoms with E-state index in [4.69, 9.17) is 21.7 Å². The summed E-state index contributed by atoms with van der Waals surface area (Å²) in [6, 6.07) is 19.2. The Bertz CT molecular complexity index is 1070. The molecular weight excluding hydrogens is 427 g/mol. The third kappa shape index (κ3) is 6.78. The Morgan fingerprint density at radius 3 is 2.34 bits per heavy atom. The van der Waals surface area contributed by atoms with Gasteiger partial charge in [0.1, 0.15) is 18.2 Å². The van der Waals surface area contributed by atoms with Crippen LogP contribution in [0.25, 0.3) is 0 Å². The molecule has 5 nitrogen and oxygen atoms in total. The van der Waals surface area contributed by atoms with Crippen molar-refractivity contribution in [3.63, 3.8) is 0 Å². The number of ether oxygens (including phenoxy) is 2. The highest BCUT2D eigenvalue weighted by molar-refractivity contribution is 7.80. The highest BCUT2D eigenvalue weighted by Gasteiger charge is 2.09. The Morgan fingerprint density at radius 2 is 1.69 bits per heavy atom. The van der Waals surface area contributed by atoms with Gasteiger partial charge in [0, 0.05) is 12.2 Å².